The van der Waals surface area contributed by atoms with E-state index in [0.29, 0.717) is 31.9 Å². The third-order valence-electron chi connectivity index (χ3n) is 6.35. The van der Waals surface area contributed by atoms with Crippen molar-refractivity contribution in [1.29, 1.82) is 0 Å². The molecule has 1 N–H and O–H groups in total. The van der Waals surface area contributed by atoms with Crippen molar-refractivity contribution in [2.45, 2.75) is 44.1 Å². The molecule has 1 aromatic rings. The van der Waals surface area contributed by atoms with E-state index in [-0.39, 0.29) is 37.0 Å². The first-order valence-electron chi connectivity index (χ1n) is 11.3. The summed E-state index contributed by atoms with van der Waals surface area (Å²) in [6.45, 7) is 1.81. The number of hydrogen-bond donors (Lipinski definition) is 1. The van der Waals surface area contributed by atoms with Crippen LogP contribution in [0, 0.1) is 0 Å². The first-order valence-corrected chi connectivity index (χ1v) is 13.1. The number of nitrogens with one attached hydrogen (secondary N) is 1. The fraction of sp³-hybridized carbons (Fsp3) is 0.591. The third-order valence-corrected chi connectivity index (χ3v) is 7.20. The van der Waals surface area contributed by atoms with Gasteiger partial charge in [0.15, 0.2) is 0 Å². The van der Waals surface area contributed by atoms with Gasteiger partial charge in [0.2, 0.25) is 11.8 Å². The van der Waals surface area contributed by atoms with E-state index in [4.69, 9.17) is 15.4 Å². The Balaban J connectivity index is 1.56. The molecular formula is C22H30ClN5O4S. The number of piperazine rings is 1. The van der Waals surface area contributed by atoms with Crippen LogP contribution in [-0.2, 0) is 20.9 Å². The van der Waals surface area contributed by atoms with Crippen LogP contribution >= 0.6 is 21.7 Å². The van der Waals surface area contributed by atoms with Crippen LogP contribution in [0.15, 0.2) is 30.3 Å². The summed E-state index contributed by atoms with van der Waals surface area (Å²) in [5.41, 5.74) is 0.981. The maximum Gasteiger partial charge on any atom is 0.334 e. The Morgan fingerprint density at radius 3 is 2.76 bits per heavy atom. The molecule has 0 radical (unpaired) electrons. The number of fused-ring (bicyclic) bond motifs is 1. The van der Waals surface area contributed by atoms with E-state index in [1.54, 1.807) is 26.9 Å². The molecule has 0 spiro atoms. The van der Waals surface area contributed by atoms with Gasteiger partial charge in [-0.2, -0.15) is 0 Å². The summed E-state index contributed by atoms with van der Waals surface area (Å²) in [6.07, 6.45) is 1.71. The van der Waals surface area contributed by atoms with E-state index in [2.05, 4.69) is 5.32 Å². The highest BCUT2D eigenvalue weighted by Gasteiger charge is 2.50. The fourth-order valence-corrected chi connectivity index (χ4v) is 5.37. The maximum absolute atomic E-state index is 13.4. The van der Waals surface area contributed by atoms with Crippen LogP contribution in [0.1, 0.15) is 24.8 Å². The SMILES string of the molecule is CN1CC(=O)N2[C@@H](CCSCl)C(=O)N(CC3CCCO3)C[C@@H]2N1C(=O)NCc1ccccc1. The van der Waals surface area contributed by atoms with Crippen molar-refractivity contribution >= 4 is 39.5 Å². The molecule has 0 bridgehead atoms. The standard InChI is InChI=1S/C22H30ClN5O4S/c1-25-15-20(29)27-18(9-11-33-23)21(30)26(13-17-8-5-10-32-17)14-19(27)28(25)22(31)24-12-16-6-3-2-4-7-16/h2-4,6-7,17-19H,5,8-15H2,1H3,(H,24,31)/t17?,18-,19-/m0/s1. The second-order valence-corrected chi connectivity index (χ2v) is 9.86. The van der Waals surface area contributed by atoms with Crippen LogP contribution in [0.4, 0.5) is 4.79 Å². The first kappa shape index (κ1) is 24.1. The summed E-state index contributed by atoms with van der Waals surface area (Å²) in [5, 5.41) is 6.16. The summed E-state index contributed by atoms with van der Waals surface area (Å²) in [6, 6.07) is 8.70. The molecule has 1 aromatic carbocycles. The molecule has 180 valence electrons. The van der Waals surface area contributed by atoms with Crippen LogP contribution in [0.3, 0.4) is 0 Å². The number of benzene rings is 1. The van der Waals surface area contributed by atoms with Crippen molar-refractivity contribution in [3.8, 4) is 0 Å². The summed E-state index contributed by atoms with van der Waals surface area (Å²) in [4.78, 5) is 43.0. The highest BCUT2D eigenvalue weighted by Crippen LogP contribution is 2.29. The zero-order valence-corrected chi connectivity index (χ0v) is 20.3. The number of carbonyl (C=O) groups excluding carboxylic acids is 3. The number of hydrazine groups is 1. The van der Waals surface area contributed by atoms with E-state index in [1.807, 2.05) is 30.3 Å². The van der Waals surface area contributed by atoms with Crippen LogP contribution in [0.25, 0.3) is 0 Å². The van der Waals surface area contributed by atoms with Gasteiger partial charge < -0.3 is 19.9 Å². The van der Waals surface area contributed by atoms with E-state index >= 15 is 0 Å². The molecule has 3 saturated heterocycles. The number of carbonyl (C=O) groups is 3. The number of amides is 4. The number of nitrogens with zero attached hydrogens (tertiary/aromatic N) is 4. The average Bonchev–Trinajstić information content (AvgIpc) is 3.32. The van der Waals surface area contributed by atoms with Gasteiger partial charge in [0.05, 0.1) is 19.2 Å². The Morgan fingerprint density at radius 2 is 2.06 bits per heavy atom. The number of likely N-dealkylation sites (N-methyl/N-ethyl adjacent to an activating group) is 1. The van der Waals surface area contributed by atoms with Crippen molar-refractivity contribution in [3.05, 3.63) is 35.9 Å². The van der Waals surface area contributed by atoms with E-state index in [0.717, 1.165) is 29.4 Å². The second kappa shape index (κ2) is 10.9. The normalized spacial score (nSPS) is 26.0. The molecule has 0 aliphatic carbocycles. The predicted octanol–water partition coefficient (Wildman–Crippen LogP) is 1.88. The first-order chi connectivity index (χ1) is 16.0. The lowest BCUT2D eigenvalue weighted by Crippen LogP contribution is -2.76. The predicted molar refractivity (Wildman–Crippen MR) is 126 cm³/mol. The molecule has 0 saturated carbocycles. The minimum atomic E-state index is -0.651. The van der Waals surface area contributed by atoms with Crippen molar-refractivity contribution in [1.82, 2.24) is 25.1 Å². The van der Waals surface area contributed by atoms with Crippen LogP contribution < -0.4 is 5.32 Å². The van der Waals surface area contributed by atoms with E-state index in [9.17, 15) is 14.4 Å². The third kappa shape index (κ3) is 5.40. The highest BCUT2D eigenvalue weighted by atomic mass is 35.7. The zero-order chi connectivity index (χ0) is 23.4. The minimum absolute atomic E-state index is 0.0130. The van der Waals surface area contributed by atoms with Crippen LogP contribution in [-0.4, -0.2) is 95.0 Å². The Kier molecular flexibility index (Phi) is 8.00. The number of hydrogen-bond acceptors (Lipinski definition) is 6. The molecule has 3 fully saturated rings. The lowest BCUT2D eigenvalue weighted by molar-refractivity contribution is -0.188. The molecule has 3 atom stereocenters. The van der Waals surface area contributed by atoms with Crippen LogP contribution in [0.2, 0.25) is 0 Å². The highest BCUT2D eigenvalue weighted by molar-refractivity contribution is 8.21. The fourth-order valence-electron chi connectivity index (χ4n) is 4.79. The summed E-state index contributed by atoms with van der Waals surface area (Å²) in [5.74, 6) is 0.262. The monoisotopic (exact) mass is 495 g/mol. The topological polar surface area (TPSA) is 85.4 Å². The molecule has 3 aliphatic heterocycles. The van der Waals surface area contributed by atoms with Crippen molar-refractivity contribution in [3.63, 3.8) is 0 Å². The Morgan fingerprint density at radius 1 is 1.27 bits per heavy atom. The molecule has 4 rings (SSSR count). The van der Waals surface area contributed by atoms with Gasteiger partial charge in [-0.3, -0.25) is 9.59 Å². The quantitative estimate of drug-likeness (QED) is 0.621. The van der Waals surface area contributed by atoms with Crippen molar-refractivity contribution < 1.29 is 19.1 Å². The van der Waals surface area contributed by atoms with Crippen molar-refractivity contribution in [2.24, 2.45) is 0 Å². The molecular weight excluding hydrogens is 466 g/mol. The largest absolute Gasteiger partial charge is 0.376 e. The Bertz CT molecular complexity index is 856. The van der Waals surface area contributed by atoms with E-state index in [1.165, 1.54) is 0 Å². The molecule has 9 nitrogen and oxygen atoms in total. The molecule has 33 heavy (non-hydrogen) atoms. The minimum Gasteiger partial charge on any atom is -0.376 e. The van der Waals surface area contributed by atoms with Gasteiger partial charge in [0.1, 0.15) is 12.2 Å². The van der Waals surface area contributed by atoms with Crippen LogP contribution in [0.5, 0.6) is 0 Å². The molecule has 1 unspecified atom stereocenters. The molecule has 3 aliphatic rings. The summed E-state index contributed by atoms with van der Waals surface area (Å²) < 4.78 is 5.76. The number of ether oxygens (including phenoxy) is 1. The van der Waals surface area contributed by atoms with Gasteiger partial charge in [-0.25, -0.2) is 14.8 Å². The van der Waals surface area contributed by atoms with Gasteiger partial charge in [-0.05, 0) is 35.5 Å². The van der Waals surface area contributed by atoms with Gasteiger partial charge in [0, 0.05) is 32.5 Å². The average molecular weight is 496 g/mol. The molecule has 0 aromatic heterocycles. The van der Waals surface area contributed by atoms with Gasteiger partial charge >= 0.3 is 6.03 Å². The summed E-state index contributed by atoms with van der Waals surface area (Å²) >= 11 is 0. The summed E-state index contributed by atoms with van der Waals surface area (Å²) in [7, 11) is 8.69. The molecule has 4 amide bonds. The lowest BCUT2D eigenvalue weighted by atomic mass is 10.0. The number of urea groups is 1. The number of rotatable bonds is 7. The van der Waals surface area contributed by atoms with Gasteiger partial charge in [-0.1, -0.05) is 41.3 Å². The molecule has 11 heteroatoms. The lowest BCUT2D eigenvalue weighted by Gasteiger charge is -2.54. The smallest absolute Gasteiger partial charge is 0.334 e. The van der Waals surface area contributed by atoms with Gasteiger partial charge in [0.25, 0.3) is 0 Å². The van der Waals surface area contributed by atoms with E-state index < -0.39 is 12.2 Å². The van der Waals surface area contributed by atoms with Gasteiger partial charge in [-0.15, -0.1) is 0 Å². The second-order valence-electron chi connectivity index (χ2n) is 8.58. The zero-order valence-electron chi connectivity index (χ0n) is 18.7. The Hall–Kier alpha value is -2.01. The van der Waals surface area contributed by atoms with Crippen molar-refractivity contribution in [2.75, 3.05) is 39.0 Å². The number of halogens is 1. The Labute approximate surface area is 202 Å². The maximum atomic E-state index is 13.4. The molecule has 3 heterocycles.